The van der Waals surface area contributed by atoms with Crippen LogP contribution in [-0.2, 0) is 9.53 Å². The van der Waals surface area contributed by atoms with Crippen molar-refractivity contribution >= 4 is 40.1 Å². The number of benzene rings is 2. The fraction of sp³-hybridized carbons (Fsp3) is 0.120. The van der Waals surface area contributed by atoms with E-state index in [0.717, 1.165) is 6.07 Å². The third-order valence-electron chi connectivity index (χ3n) is 5.05. The molecule has 1 amide bonds. The number of carbonyl (C=O) groups excluding carboxylic acids is 2. The van der Waals surface area contributed by atoms with E-state index in [1.54, 1.807) is 12.1 Å². The first-order valence-electron chi connectivity index (χ1n) is 10.3. The van der Waals surface area contributed by atoms with Crippen LogP contribution >= 0.6 is 11.6 Å². The first-order valence-corrected chi connectivity index (χ1v) is 10.7. The average molecular weight is 497 g/mol. The molecule has 0 radical (unpaired) electrons. The minimum atomic E-state index is -0.948. The first-order chi connectivity index (χ1) is 16.7. The van der Waals surface area contributed by atoms with E-state index in [9.17, 15) is 18.8 Å². The van der Waals surface area contributed by atoms with Crippen molar-refractivity contribution in [2.24, 2.45) is 0 Å². The molecule has 0 unspecified atom stereocenters. The molecule has 2 heterocycles. The predicted octanol–water partition coefficient (Wildman–Crippen LogP) is 4.84. The Labute approximate surface area is 203 Å². The highest BCUT2D eigenvalue weighted by Gasteiger charge is 2.18. The number of pyridine rings is 1. The predicted molar refractivity (Wildman–Crippen MR) is 127 cm³/mol. The Kier molecular flexibility index (Phi) is 6.79. The van der Waals surface area contributed by atoms with Crippen LogP contribution in [0.1, 0.15) is 17.3 Å². The van der Waals surface area contributed by atoms with Crippen LogP contribution < -0.4 is 15.7 Å². The molecule has 8 nitrogen and oxygen atoms in total. The molecule has 0 saturated heterocycles. The number of fused-ring (bicyclic) bond motifs is 1. The summed E-state index contributed by atoms with van der Waals surface area (Å²) in [6, 6.07) is 11.3. The summed E-state index contributed by atoms with van der Waals surface area (Å²) in [5.41, 5.74) is 0.979. The number of carbonyl (C=O) groups is 2. The monoisotopic (exact) mass is 496 g/mol. The van der Waals surface area contributed by atoms with Crippen LogP contribution in [0.4, 0.5) is 10.1 Å². The van der Waals surface area contributed by atoms with Gasteiger partial charge in [0.2, 0.25) is 0 Å². The minimum Gasteiger partial charge on any atom is -0.481 e. The summed E-state index contributed by atoms with van der Waals surface area (Å²) in [5.74, 6) is -1.31. The van der Waals surface area contributed by atoms with Crippen molar-refractivity contribution in [1.29, 1.82) is 0 Å². The molecule has 2 aromatic carbocycles. The van der Waals surface area contributed by atoms with Crippen LogP contribution in [0.2, 0.25) is 5.02 Å². The Morgan fingerprint density at radius 1 is 1.09 bits per heavy atom. The lowest BCUT2D eigenvalue weighted by atomic mass is 10.0. The second-order valence-corrected chi connectivity index (χ2v) is 7.87. The van der Waals surface area contributed by atoms with Gasteiger partial charge in [-0.15, -0.1) is 0 Å². The van der Waals surface area contributed by atoms with Crippen molar-refractivity contribution in [1.82, 2.24) is 4.98 Å². The fourth-order valence-corrected chi connectivity index (χ4v) is 3.66. The van der Waals surface area contributed by atoms with E-state index >= 15 is 0 Å². The highest BCUT2D eigenvalue weighted by Crippen LogP contribution is 2.34. The highest BCUT2D eigenvalue weighted by molar-refractivity contribution is 6.33. The lowest BCUT2D eigenvalue weighted by molar-refractivity contribution is -0.122. The summed E-state index contributed by atoms with van der Waals surface area (Å²) in [4.78, 5) is 40.3. The summed E-state index contributed by atoms with van der Waals surface area (Å²) in [6.45, 7) is 1.53. The molecule has 4 rings (SSSR count). The third kappa shape index (κ3) is 5.30. The number of amides is 1. The topological polar surface area (TPSA) is 108 Å². The Balaban J connectivity index is 1.56. The van der Waals surface area contributed by atoms with Crippen molar-refractivity contribution < 1.29 is 27.9 Å². The molecule has 2 aromatic heterocycles. The molecule has 35 heavy (non-hydrogen) atoms. The van der Waals surface area contributed by atoms with E-state index in [1.165, 1.54) is 56.8 Å². The van der Waals surface area contributed by atoms with Crippen molar-refractivity contribution in [3.63, 3.8) is 0 Å². The molecule has 4 aromatic rings. The van der Waals surface area contributed by atoms with Gasteiger partial charge in [0.15, 0.2) is 6.10 Å². The Hall–Kier alpha value is -4.24. The van der Waals surface area contributed by atoms with Crippen molar-refractivity contribution in [3.8, 4) is 16.9 Å². The van der Waals surface area contributed by atoms with Gasteiger partial charge in [-0.3, -0.25) is 9.78 Å². The van der Waals surface area contributed by atoms with E-state index in [1.807, 2.05) is 0 Å². The Morgan fingerprint density at radius 3 is 2.63 bits per heavy atom. The molecule has 0 saturated carbocycles. The number of hydrogen-bond acceptors (Lipinski definition) is 7. The van der Waals surface area contributed by atoms with Gasteiger partial charge >= 0.3 is 11.6 Å². The number of rotatable bonds is 6. The lowest BCUT2D eigenvalue weighted by Crippen LogP contribution is -2.30. The van der Waals surface area contributed by atoms with Gasteiger partial charge in [-0.05, 0) is 43.3 Å². The molecule has 0 aliphatic carbocycles. The van der Waals surface area contributed by atoms with E-state index in [0.29, 0.717) is 22.2 Å². The number of anilines is 1. The SMILES string of the molecule is COC(=O)c1cncc(NC(=O)[C@@H](C)Oc2ccc3c(-c4ccc(F)cc4Cl)cc(=O)oc3c2)c1. The van der Waals surface area contributed by atoms with Crippen LogP contribution in [0.25, 0.3) is 22.1 Å². The maximum Gasteiger partial charge on any atom is 0.339 e. The van der Waals surface area contributed by atoms with Gasteiger partial charge in [-0.25, -0.2) is 14.0 Å². The fourth-order valence-electron chi connectivity index (χ4n) is 3.39. The molecule has 0 aliphatic heterocycles. The average Bonchev–Trinajstić information content (AvgIpc) is 2.83. The standard InChI is InChI=1S/C25H18ClFN2O6/c1-13(24(31)29-16-7-14(11-28-12-16)25(32)33-2)34-17-4-6-19-20(10-23(30)35-22(19)9-17)18-5-3-15(27)8-21(18)26/h3-13H,1-2H3,(H,29,31)/t13-/m1/s1. The van der Waals surface area contributed by atoms with Crippen LogP contribution in [-0.4, -0.2) is 30.1 Å². The number of aromatic nitrogens is 1. The van der Waals surface area contributed by atoms with Gasteiger partial charge in [-0.1, -0.05) is 11.6 Å². The summed E-state index contributed by atoms with van der Waals surface area (Å²) in [5, 5.41) is 3.31. The Bertz CT molecular complexity index is 1500. The maximum absolute atomic E-state index is 13.5. The lowest BCUT2D eigenvalue weighted by Gasteiger charge is -2.15. The Morgan fingerprint density at radius 2 is 1.89 bits per heavy atom. The smallest absolute Gasteiger partial charge is 0.339 e. The van der Waals surface area contributed by atoms with E-state index in [-0.39, 0.29) is 21.9 Å². The number of nitrogens with one attached hydrogen (secondary N) is 1. The molecule has 1 atom stereocenters. The zero-order chi connectivity index (χ0) is 25.1. The van der Waals surface area contributed by atoms with E-state index in [4.69, 9.17) is 20.8 Å². The molecule has 0 bridgehead atoms. The molecule has 0 aliphatic rings. The zero-order valence-corrected chi connectivity index (χ0v) is 19.3. The summed E-state index contributed by atoms with van der Waals surface area (Å²) >= 11 is 6.18. The number of halogens is 2. The number of esters is 1. The van der Waals surface area contributed by atoms with Crippen molar-refractivity contribution in [3.05, 3.63) is 87.7 Å². The van der Waals surface area contributed by atoms with Gasteiger partial charge in [0.25, 0.3) is 5.91 Å². The van der Waals surface area contributed by atoms with E-state index in [2.05, 4.69) is 15.0 Å². The highest BCUT2D eigenvalue weighted by atomic mass is 35.5. The second kappa shape index (κ2) is 9.94. The minimum absolute atomic E-state index is 0.147. The molecular formula is C25H18ClFN2O6. The molecule has 1 N–H and O–H groups in total. The largest absolute Gasteiger partial charge is 0.481 e. The number of nitrogens with zero attached hydrogens (tertiary/aromatic N) is 1. The summed E-state index contributed by atoms with van der Waals surface area (Å²) in [7, 11) is 1.24. The molecule has 10 heteroatoms. The molecular weight excluding hydrogens is 479 g/mol. The third-order valence-corrected chi connectivity index (χ3v) is 5.36. The van der Waals surface area contributed by atoms with Crippen LogP contribution in [0, 0.1) is 5.82 Å². The van der Waals surface area contributed by atoms with Crippen LogP contribution in [0.3, 0.4) is 0 Å². The normalized spacial score (nSPS) is 11.7. The zero-order valence-electron chi connectivity index (χ0n) is 18.5. The molecule has 0 spiro atoms. The number of hydrogen-bond donors (Lipinski definition) is 1. The van der Waals surface area contributed by atoms with Crippen LogP contribution in [0.5, 0.6) is 5.75 Å². The van der Waals surface area contributed by atoms with Gasteiger partial charge < -0.3 is 19.2 Å². The van der Waals surface area contributed by atoms with Crippen molar-refractivity contribution in [2.45, 2.75) is 13.0 Å². The van der Waals surface area contributed by atoms with Crippen LogP contribution in [0.15, 0.2) is 70.1 Å². The van der Waals surface area contributed by atoms with E-state index < -0.39 is 29.4 Å². The molecule has 0 fully saturated rings. The number of ether oxygens (including phenoxy) is 2. The summed E-state index contributed by atoms with van der Waals surface area (Å²) in [6.07, 6.45) is 1.75. The van der Waals surface area contributed by atoms with Crippen molar-refractivity contribution in [2.75, 3.05) is 12.4 Å². The van der Waals surface area contributed by atoms with Gasteiger partial charge in [-0.2, -0.15) is 0 Å². The second-order valence-electron chi connectivity index (χ2n) is 7.46. The van der Waals surface area contributed by atoms with Gasteiger partial charge in [0.05, 0.1) is 29.6 Å². The van der Waals surface area contributed by atoms with Gasteiger partial charge in [0, 0.05) is 34.8 Å². The first kappa shape index (κ1) is 23.9. The number of methoxy groups -OCH3 is 1. The quantitative estimate of drug-likeness (QED) is 0.300. The summed E-state index contributed by atoms with van der Waals surface area (Å²) < 4.78 is 29.1. The molecule has 178 valence electrons. The van der Waals surface area contributed by atoms with Gasteiger partial charge in [0.1, 0.15) is 17.1 Å². The maximum atomic E-state index is 13.5.